The van der Waals surface area contributed by atoms with E-state index in [1.165, 1.54) is 5.56 Å². The van der Waals surface area contributed by atoms with E-state index >= 15 is 0 Å². The van der Waals surface area contributed by atoms with Crippen molar-refractivity contribution in [3.63, 3.8) is 0 Å². The van der Waals surface area contributed by atoms with Crippen molar-refractivity contribution >= 4 is 5.82 Å². The molecule has 88 valence electrons. The second-order valence-corrected chi connectivity index (χ2v) is 4.73. The lowest BCUT2D eigenvalue weighted by Crippen LogP contribution is -2.41. The molecule has 0 aromatic carbocycles. The van der Waals surface area contributed by atoms with Crippen molar-refractivity contribution in [2.45, 2.75) is 32.8 Å². The minimum Gasteiger partial charge on any atom is -0.375 e. The first-order valence-corrected chi connectivity index (χ1v) is 5.99. The molecule has 3 heteroatoms. The lowest BCUT2D eigenvalue weighted by molar-refractivity contribution is 0.0529. The van der Waals surface area contributed by atoms with Crippen molar-refractivity contribution < 1.29 is 4.74 Å². The molecule has 0 radical (unpaired) electrons. The number of hydrogen-bond acceptors (Lipinski definition) is 3. The van der Waals surface area contributed by atoms with Gasteiger partial charge in [-0.15, -0.1) is 0 Å². The Balaban J connectivity index is 2.09. The quantitative estimate of drug-likeness (QED) is 0.765. The molecular weight excluding hydrogens is 200 g/mol. The monoisotopic (exact) mass is 220 g/mol. The molecule has 1 aromatic rings. The maximum atomic E-state index is 5.52. The van der Waals surface area contributed by atoms with E-state index in [0.717, 1.165) is 25.5 Å². The molecule has 0 N–H and O–H groups in total. The van der Waals surface area contributed by atoms with Crippen molar-refractivity contribution in [3.05, 3.63) is 23.9 Å². The van der Waals surface area contributed by atoms with Crippen LogP contribution >= 0.6 is 0 Å². The number of pyridine rings is 1. The summed E-state index contributed by atoms with van der Waals surface area (Å²) < 4.78 is 5.52. The van der Waals surface area contributed by atoms with E-state index in [-0.39, 0.29) is 0 Å². The van der Waals surface area contributed by atoms with Crippen LogP contribution in [0.25, 0.3) is 0 Å². The first-order valence-electron chi connectivity index (χ1n) is 5.99. The largest absolute Gasteiger partial charge is 0.375 e. The third-order valence-corrected chi connectivity index (χ3v) is 3.00. The zero-order valence-electron chi connectivity index (χ0n) is 10.3. The van der Waals surface area contributed by atoms with E-state index in [2.05, 4.69) is 42.8 Å². The van der Waals surface area contributed by atoms with Gasteiger partial charge in [0.2, 0.25) is 0 Å². The number of morpholine rings is 1. The zero-order chi connectivity index (χ0) is 11.5. The summed E-state index contributed by atoms with van der Waals surface area (Å²) in [5.41, 5.74) is 1.30. The fraction of sp³-hybridized carbons (Fsp3) is 0.615. The summed E-state index contributed by atoms with van der Waals surface area (Å²) in [6.07, 6.45) is 2.29. The van der Waals surface area contributed by atoms with Gasteiger partial charge in [-0.1, -0.05) is 19.9 Å². The highest BCUT2D eigenvalue weighted by atomic mass is 16.5. The standard InChI is InChI=1S/C13H20N2O/c1-10(2)12-4-5-13(14-8-12)15-6-7-16-11(3)9-15/h4-5,8,10-11H,6-7,9H2,1-3H3/t11-/m1/s1. The highest BCUT2D eigenvalue weighted by molar-refractivity contribution is 5.40. The van der Waals surface area contributed by atoms with E-state index in [0.29, 0.717) is 12.0 Å². The minimum atomic E-state index is 0.306. The molecule has 1 aliphatic rings. The molecule has 1 saturated heterocycles. The second kappa shape index (κ2) is 4.83. The average Bonchev–Trinajstić information content (AvgIpc) is 2.29. The molecular formula is C13H20N2O. The number of ether oxygens (including phenoxy) is 1. The smallest absolute Gasteiger partial charge is 0.128 e. The Kier molecular flexibility index (Phi) is 3.44. The summed E-state index contributed by atoms with van der Waals surface area (Å²) in [6.45, 7) is 9.16. The molecule has 0 bridgehead atoms. The Morgan fingerprint density at radius 3 is 2.81 bits per heavy atom. The molecule has 2 heterocycles. The van der Waals surface area contributed by atoms with Crippen molar-refractivity contribution in [1.82, 2.24) is 4.98 Å². The Bertz CT molecular complexity index is 334. The third kappa shape index (κ3) is 2.53. The SMILES string of the molecule is CC(C)c1ccc(N2CCO[C@H](C)C2)nc1. The fourth-order valence-electron chi connectivity index (χ4n) is 1.95. The van der Waals surface area contributed by atoms with E-state index in [1.807, 2.05) is 6.20 Å². The molecule has 1 atom stereocenters. The van der Waals surface area contributed by atoms with Gasteiger partial charge in [-0.2, -0.15) is 0 Å². The molecule has 0 unspecified atom stereocenters. The van der Waals surface area contributed by atoms with Gasteiger partial charge in [0.1, 0.15) is 5.82 Å². The van der Waals surface area contributed by atoms with E-state index in [4.69, 9.17) is 4.74 Å². The van der Waals surface area contributed by atoms with Gasteiger partial charge in [0.25, 0.3) is 0 Å². The normalized spacial score (nSPS) is 21.5. The molecule has 1 aromatic heterocycles. The predicted octanol–water partition coefficient (Wildman–Crippen LogP) is 2.43. The van der Waals surface area contributed by atoms with Gasteiger partial charge in [-0.05, 0) is 24.5 Å². The lowest BCUT2D eigenvalue weighted by atomic mass is 10.1. The molecule has 0 aliphatic carbocycles. The third-order valence-electron chi connectivity index (χ3n) is 3.00. The molecule has 1 fully saturated rings. The lowest BCUT2D eigenvalue weighted by Gasteiger charge is -2.32. The van der Waals surface area contributed by atoms with Crippen molar-refractivity contribution in [2.75, 3.05) is 24.6 Å². The van der Waals surface area contributed by atoms with E-state index in [1.54, 1.807) is 0 Å². The zero-order valence-corrected chi connectivity index (χ0v) is 10.3. The van der Waals surface area contributed by atoms with Crippen molar-refractivity contribution in [1.29, 1.82) is 0 Å². The summed E-state index contributed by atoms with van der Waals surface area (Å²) in [5.74, 6) is 1.62. The van der Waals surface area contributed by atoms with Crippen LogP contribution in [0.1, 0.15) is 32.3 Å². The van der Waals surface area contributed by atoms with Crippen LogP contribution in [0.15, 0.2) is 18.3 Å². The molecule has 0 spiro atoms. The second-order valence-electron chi connectivity index (χ2n) is 4.73. The van der Waals surface area contributed by atoms with Gasteiger partial charge >= 0.3 is 0 Å². The first-order chi connectivity index (χ1) is 7.66. The predicted molar refractivity (Wildman–Crippen MR) is 66.0 cm³/mol. The minimum absolute atomic E-state index is 0.306. The van der Waals surface area contributed by atoms with Gasteiger partial charge in [-0.25, -0.2) is 4.98 Å². The van der Waals surface area contributed by atoms with Crippen LogP contribution in [0, 0.1) is 0 Å². The highest BCUT2D eigenvalue weighted by Crippen LogP contribution is 2.18. The van der Waals surface area contributed by atoms with Gasteiger partial charge in [0, 0.05) is 19.3 Å². The maximum Gasteiger partial charge on any atom is 0.128 e. The number of aromatic nitrogens is 1. The van der Waals surface area contributed by atoms with E-state index in [9.17, 15) is 0 Å². The average molecular weight is 220 g/mol. The molecule has 3 nitrogen and oxygen atoms in total. The van der Waals surface area contributed by atoms with Crippen LogP contribution < -0.4 is 4.90 Å². The van der Waals surface area contributed by atoms with Gasteiger partial charge in [-0.3, -0.25) is 0 Å². The van der Waals surface area contributed by atoms with Crippen LogP contribution in [-0.2, 0) is 4.74 Å². The number of rotatable bonds is 2. The molecule has 2 rings (SSSR count). The molecule has 0 amide bonds. The Labute approximate surface area is 97.4 Å². The van der Waals surface area contributed by atoms with Crippen molar-refractivity contribution in [2.24, 2.45) is 0 Å². The van der Waals surface area contributed by atoms with Crippen LogP contribution in [0.3, 0.4) is 0 Å². The Morgan fingerprint density at radius 1 is 1.44 bits per heavy atom. The number of anilines is 1. The Morgan fingerprint density at radius 2 is 2.25 bits per heavy atom. The van der Waals surface area contributed by atoms with E-state index < -0.39 is 0 Å². The topological polar surface area (TPSA) is 25.4 Å². The summed E-state index contributed by atoms with van der Waals surface area (Å²) in [4.78, 5) is 6.82. The summed E-state index contributed by atoms with van der Waals surface area (Å²) in [5, 5.41) is 0. The van der Waals surface area contributed by atoms with Crippen LogP contribution in [0.5, 0.6) is 0 Å². The molecule has 16 heavy (non-hydrogen) atoms. The van der Waals surface area contributed by atoms with Gasteiger partial charge in [0.15, 0.2) is 0 Å². The summed E-state index contributed by atoms with van der Waals surface area (Å²) >= 11 is 0. The summed E-state index contributed by atoms with van der Waals surface area (Å²) in [7, 11) is 0. The van der Waals surface area contributed by atoms with Crippen LogP contribution in [0.4, 0.5) is 5.82 Å². The molecule has 1 aliphatic heterocycles. The number of nitrogens with zero attached hydrogens (tertiary/aromatic N) is 2. The van der Waals surface area contributed by atoms with Crippen LogP contribution in [0.2, 0.25) is 0 Å². The van der Waals surface area contributed by atoms with Gasteiger partial charge < -0.3 is 9.64 Å². The van der Waals surface area contributed by atoms with Crippen LogP contribution in [-0.4, -0.2) is 30.8 Å². The highest BCUT2D eigenvalue weighted by Gasteiger charge is 2.17. The van der Waals surface area contributed by atoms with Gasteiger partial charge in [0.05, 0.1) is 12.7 Å². The summed E-state index contributed by atoms with van der Waals surface area (Å²) in [6, 6.07) is 4.29. The van der Waals surface area contributed by atoms with Crippen molar-refractivity contribution in [3.8, 4) is 0 Å². The Hall–Kier alpha value is -1.09. The molecule has 0 saturated carbocycles. The number of hydrogen-bond donors (Lipinski definition) is 0. The maximum absolute atomic E-state index is 5.52. The fourth-order valence-corrected chi connectivity index (χ4v) is 1.95. The first kappa shape index (κ1) is 11.4.